The van der Waals surface area contributed by atoms with Gasteiger partial charge in [0.25, 0.3) is 0 Å². The smallest absolute Gasteiger partial charge is 0.232 e. The van der Waals surface area contributed by atoms with Crippen molar-refractivity contribution in [1.29, 1.82) is 0 Å². The first-order valence-corrected chi connectivity index (χ1v) is 9.10. The van der Waals surface area contributed by atoms with E-state index in [1.54, 1.807) is 36.4 Å². The normalized spacial score (nSPS) is 12.1. The molecule has 0 atom stereocenters. The third kappa shape index (κ3) is 4.56. The Balaban J connectivity index is 2.38. The van der Waals surface area contributed by atoms with E-state index in [-0.39, 0.29) is 5.75 Å². The number of nitrogens with zero attached hydrogens (tertiary/aromatic N) is 1. The maximum atomic E-state index is 12.1. The molecule has 0 radical (unpaired) electrons. The Morgan fingerprint density at radius 2 is 1.74 bits per heavy atom. The van der Waals surface area contributed by atoms with Gasteiger partial charge in [-0.25, -0.2) is 8.42 Å². The van der Waals surface area contributed by atoms with Crippen LogP contribution in [0.25, 0.3) is 0 Å². The van der Waals surface area contributed by atoms with Crippen molar-refractivity contribution in [3.8, 4) is 0 Å². The molecule has 0 aromatic heterocycles. The average Bonchev–Trinajstić information content (AvgIpc) is 2.56. The van der Waals surface area contributed by atoms with Crippen molar-refractivity contribution in [2.24, 2.45) is 5.16 Å². The zero-order chi connectivity index (χ0) is 16.7. The van der Waals surface area contributed by atoms with Crippen LogP contribution in [0.1, 0.15) is 30.9 Å². The van der Waals surface area contributed by atoms with Gasteiger partial charge in [-0.15, -0.1) is 0 Å². The van der Waals surface area contributed by atoms with Gasteiger partial charge in [-0.2, -0.15) is 0 Å². The van der Waals surface area contributed by atoms with Gasteiger partial charge in [-0.1, -0.05) is 67.0 Å². The molecule has 0 aliphatic carbocycles. The standard InChI is InChI=1S/C17H20N2O3S/c1-2-3-13-23(21,22)19-16-12-8-7-11-15(16)17(18-20)14-9-5-4-6-10-14/h4-12,19-20H,2-3,13H2,1H3. The molecule has 0 aliphatic heterocycles. The molecular weight excluding hydrogens is 312 g/mol. The lowest BCUT2D eigenvalue weighted by Gasteiger charge is -2.13. The van der Waals surface area contributed by atoms with Crippen LogP contribution < -0.4 is 4.72 Å². The summed E-state index contributed by atoms with van der Waals surface area (Å²) in [6.07, 6.45) is 1.40. The molecule has 0 aliphatic rings. The average molecular weight is 332 g/mol. The van der Waals surface area contributed by atoms with Crippen molar-refractivity contribution in [2.75, 3.05) is 10.5 Å². The Bertz CT molecular complexity index is 771. The van der Waals surface area contributed by atoms with Crippen LogP contribution in [0, 0.1) is 0 Å². The Labute approximate surface area is 136 Å². The van der Waals surface area contributed by atoms with E-state index in [4.69, 9.17) is 0 Å². The minimum Gasteiger partial charge on any atom is -0.410 e. The third-order valence-corrected chi connectivity index (χ3v) is 4.72. The molecule has 5 nitrogen and oxygen atoms in total. The summed E-state index contributed by atoms with van der Waals surface area (Å²) in [7, 11) is -3.43. The van der Waals surface area contributed by atoms with E-state index in [1.165, 1.54) is 0 Å². The van der Waals surface area contributed by atoms with Crippen LogP contribution in [0.15, 0.2) is 59.8 Å². The SMILES string of the molecule is CCCCS(=O)(=O)Nc1ccccc1C(=NO)c1ccccc1. The monoisotopic (exact) mass is 332 g/mol. The van der Waals surface area contributed by atoms with Gasteiger partial charge >= 0.3 is 0 Å². The van der Waals surface area contributed by atoms with Crippen molar-refractivity contribution in [1.82, 2.24) is 0 Å². The van der Waals surface area contributed by atoms with Crippen molar-refractivity contribution < 1.29 is 13.6 Å². The highest BCUT2D eigenvalue weighted by Gasteiger charge is 2.16. The molecule has 0 saturated heterocycles. The first-order valence-electron chi connectivity index (χ1n) is 7.44. The van der Waals surface area contributed by atoms with E-state index in [0.29, 0.717) is 28.9 Å². The second-order valence-corrected chi connectivity index (χ2v) is 6.98. The number of oxime groups is 1. The molecule has 2 aromatic rings. The predicted octanol–water partition coefficient (Wildman–Crippen LogP) is 3.46. The zero-order valence-corrected chi connectivity index (χ0v) is 13.8. The quantitative estimate of drug-likeness (QED) is 0.463. The molecule has 0 unspecified atom stereocenters. The highest BCUT2D eigenvalue weighted by molar-refractivity contribution is 7.92. The van der Waals surface area contributed by atoms with E-state index in [9.17, 15) is 13.6 Å². The Hall–Kier alpha value is -2.34. The van der Waals surface area contributed by atoms with Gasteiger partial charge in [0.15, 0.2) is 0 Å². The van der Waals surface area contributed by atoms with Gasteiger partial charge in [0.1, 0.15) is 5.71 Å². The van der Waals surface area contributed by atoms with Crippen molar-refractivity contribution >= 4 is 21.4 Å². The fourth-order valence-electron chi connectivity index (χ4n) is 2.19. The number of anilines is 1. The molecule has 0 saturated carbocycles. The highest BCUT2D eigenvalue weighted by atomic mass is 32.2. The summed E-state index contributed by atoms with van der Waals surface area (Å²) in [5.74, 6) is 0.0643. The maximum absolute atomic E-state index is 12.1. The summed E-state index contributed by atoms with van der Waals surface area (Å²) < 4.78 is 26.9. The summed E-state index contributed by atoms with van der Waals surface area (Å²) in [4.78, 5) is 0. The Morgan fingerprint density at radius 1 is 1.09 bits per heavy atom. The van der Waals surface area contributed by atoms with E-state index in [2.05, 4.69) is 9.88 Å². The summed E-state index contributed by atoms with van der Waals surface area (Å²) in [5, 5.41) is 12.8. The molecule has 0 bridgehead atoms. The molecule has 2 N–H and O–H groups in total. The molecule has 122 valence electrons. The molecule has 0 amide bonds. The van der Waals surface area contributed by atoms with Crippen LogP contribution in [0.5, 0.6) is 0 Å². The lowest BCUT2D eigenvalue weighted by molar-refractivity contribution is 0.319. The molecule has 0 spiro atoms. The maximum Gasteiger partial charge on any atom is 0.232 e. The summed E-state index contributed by atoms with van der Waals surface area (Å²) >= 11 is 0. The number of para-hydroxylation sites is 1. The van der Waals surface area contributed by atoms with Gasteiger partial charge in [-0.05, 0) is 12.5 Å². The van der Waals surface area contributed by atoms with Crippen LogP contribution in [0.4, 0.5) is 5.69 Å². The lowest BCUT2D eigenvalue weighted by Crippen LogP contribution is -2.19. The van der Waals surface area contributed by atoms with Crippen LogP contribution >= 0.6 is 0 Å². The second-order valence-electron chi connectivity index (χ2n) is 5.13. The fourth-order valence-corrected chi connectivity index (χ4v) is 3.48. The largest absolute Gasteiger partial charge is 0.410 e. The molecule has 0 heterocycles. The van der Waals surface area contributed by atoms with Gasteiger partial charge < -0.3 is 5.21 Å². The van der Waals surface area contributed by atoms with E-state index in [0.717, 1.165) is 6.42 Å². The van der Waals surface area contributed by atoms with Crippen LogP contribution in [-0.2, 0) is 10.0 Å². The third-order valence-electron chi connectivity index (χ3n) is 3.36. The van der Waals surface area contributed by atoms with Crippen LogP contribution in [-0.4, -0.2) is 25.1 Å². The molecule has 23 heavy (non-hydrogen) atoms. The van der Waals surface area contributed by atoms with Gasteiger partial charge in [0, 0.05) is 11.1 Å². The Kier molecular flexibility index (Phi) is 5.76. The number of nitrogens with one attached hydrogen (secondary N) is 1. The van der Waals surface area contributed by atoms with E-state index < -0.39 is 10.0 Å². The van der Waals surface area contributed by atoms with Gasteiger partial charge in [0.2, 0.25) is 10.0 Å². The van der Waals surface area contributed by atoms with Crippen molar-refractivity contribution in [3.05, 3.63) is 65.7 Å². The summed E-state index contributed by atoms with van der Waals surface area (Å²) in [5.41, 5.74) is 1.95. The number of rotatable bonds is 7. The highest BCUT2D eigenvalue weighted by Crippen LogP contribution is 2.21. The summed E-state index contributed by atoms with van der Waals surface area (Å²) in [6, 6.07) is 16.0. The van der Waals surface area contributed by atoms with Crippen molar-refractivity contribution in [3.63, 3.8) is 0 Å². The minimum absolute atomic E-state index is 0.0643. The van der Waals surface area contributed by atoms with Gasteiger partial charge in [-0.3, -0.25) is 4.72 Å². The van der Waals surface area contributed by atoms with E-state index in [1.807, 2.05) is 25.1 Å². The first kappa shape index (κ1) is 17.0. The van der Waals surface area contributed by atoms with Crippen LogP contribution in [0.2, 0.25) is 0 Å². The predicted molar refractivity (Wildman–Crippen MR) is 92.6 cm³/mol. The van der Waals surface area contributed by atoms with E-state index >= 15 is 0 Å². The minimum atomic E-state index is -3.43. The number of hydrogen-bond acceptors (Lipinski definition) is 4. The number of hydrogen-bond donors (Lipinski definition) is 2. The molecule has 6 heteroatoms. The zero-order valence-electron chi connectivity index (χ0n) is 12.9. The second kappa shape index (κ2) is 7.78. The fraction of sp³-hybridized carbons (Fsp3) is 0.235. The number of benzene rings is 2. The number of sulfonamides is 1. The first-order chi connectivity index (χ1) is 11.1. The molecular formula is C17H20N2O3S. The Morgan fingerprint density at radius 3 is 2.39 bits per heavy atom. The van der Waals surface area contributed by atoms with Crippen molar-refractivity contribution in [2.45, 2.75) is 19.8 Å². The number of unbranched alkanes of at least 4 members (excludes halogenated alkanes) is 1. The molecule has 2 aromatic carbocycles. The molecule has 0 fully saturated rings. The summed E-state index contributed by atoms with van der Waals surface area (Å²) in [6.45, 7) is 1.94. The van der Waals surface area contributed by atoms with Gasteiger partial charge in [0.05, 0.1) is 11.4 Å². The lowest BCUT2D eigenvalue weighted by atomic mass is 10.0. The van der Waals surface area contributed by atoms with Crippen LogP contribution in [0.3, 0.4) is 0 Å². The topological polar surface area (TPSA) is 78.8 Å². The molecule has 2 rings (SSSR count).